The largest absolute Gasteiger partial charge is 1.00 e. The quantitative estimate of drug-likeness (QED) is 0.0199. The molecule has 0 amide bonds. The summed E-state index contributed by atoms with van der Waals surface area (Å²) in [6, 6.07) is 11.5. The summed E-state index contributed by atoms with van der Waals surface area (Å²) in [5.74, 6) is -4.71. The van der Waals surface area contributed by atoms with Gasteiger partial charge in [0.1, 0.15) is 10.7 Å². The van der Waals surface area contributed by atoms with Gasteiger partial charge in [-0.15, -0.1) is 17.7 Å². The van der Waals surface area contributed by atoms with Gasteiger partial charge in [0.15, 0.2) is 11.6 Å². The Morgan fingerprint density at radius 3 is 1.96 bits per heavy atom. The summed E-state index contributed by atoms with van der Waals surface area (Å²) in [7, 11) is -9.73. The van der Waals surface area contributed by atoms with Crippen molar-refractivity contribution in [3.05, 3.63) is 95.0 Å². The number of aromatic carboxylic acids is 1. The third kappa shape index (κ3) is 12.5. The van der Waals surface area contributed by atoms with Gasteiger partial charge in [-0.3, -0.25) is 9.11 Å². The number of phenols is 1. The molecule has 16 nitrogen and oxygen atoms in total. The monoisotopic (exact) mass is 814 g/mol. The van der Waals surface area contributed by atoms with Gasteiger partial charge in [-0.1, -0.05) is 17.7 Å². The van der Waals surface area contributed by atoms with Crippen molar-refractivity contribution < 1.29 is 155 Å². The fourth-order valence-corrected chi connectivity index (χ4v) is 4.54. The van der Waals surface area contributed by atoms with E-state index >= 15 is 0 Å². The van der Waals surface area contributed by atoms with Crippen molar-refractivity contribution >= 4 is 60.7 Å². The third-order valence-electron chi connectivity index (χ3n) is 5.43. The first-order chi connectivity index (χ1) is 21.0. The van der Waals surface area contributed by atoms with Crippen LogP contribution in [0.4, 0.5) is 31.7 Å². The summed E-state index contributed by atoms with van der Waals surface area (Å²) in [5.41, 5.74) is -2.08. The van der Waals surface area contributed by atoms with Gasteiger partial charge in [0.25, 0.3) is 20.2 Å². The van der Waals surface area contributed by atoms with E-state index in [2.05, 4.69) is 35.7 Å². The fourth-order valence-electron chi connectivity index (χ4n) is 3.38. The molecule has 0 fully saturated rings. The van der Waals surface area contributed by atoms with Crippen molar-refractivity contribution in [1.29, 1.82) is 0 Å². The molecule has 0 bridgehead atoms. The van der Waals surface area contributed by atoms with Crippen LogP contribution in [0, 0.1) is 18.2 Å². The second-order valence-electron chi connectivity index (χ2n) is 8.43. The third-order valence-corrected chi connectivity index (χ3v) is 7.45. The van der Waals surface area contributed by atoms with Crippen molar-refractivity contribution in [1.82, 2.24) is 9.97 Å². The first-order valence-corrected chi connectivity index (χ1v) is 14.9. The van der Waals surface area contributed by atoms with Crippen LogP contribution in [0.25, 0.3) is 0 Å². The molecule has 0 aliphatic rings. The molecule has 4 rings (SSSR count). The van der Waals surface area contributed by atoms with Crippen LogP contribution >= 0.6 is 11.6 Å². The molecule has 0 aliphatic carbocycles. The first-order valence-electron chi connectivity index (χ1n) is 11.7. The Morgan fingerprint density at radius 1 is 0.837 bits per heavy atom. The molecule has 0 atom stereocenters. The summed E-state index contributed by atoms with van der Waals surface area (Å²) in [4.78, 5) is 16.1. The van der Waals surface area contributed by atoms with E-state index in [1.54, 1.807) is 18.2 Å². The van der Waals surface area contributed by atoms with Crippen LogP contribution < -0.4 is 94.0 Å². The van der Waals surface area contributed by atoms with Crippen molar-refractivity contribution in [3.63, 3.8) is 0 Å². The fraction of sp³-hybridized carbons (Fsp3) is 0. The van der Waals surface area contributed by atoms with Gasteiger partial charge in [-0.05, 0) is 30.3 Å². The number of halogens is 3. The topological polar surface area (TPSA) is 254 Å². The molecule has 5 N–H and O–H groups in total. The summed E-state index contributed by atoms with van der Waals surface area (Å²) in [5, 5.41) is 36.9. The standard InChI is InChI=1S/C24H15ClF2N7O9S2.Cu.3Na/c25-18-20(26)29-24(27)30-22(18)28-16-9-13(45(41,42)43)10-17(19(16)35)32-34-21(11-4-2-1-3-5-11)33-31-15-7-6-12(44(38,39)40)8-14(15)23(36)37;;;;/h1-10,35H,(H,36,37)(H,28,29,30)(H,38,39,40)(H,41,42,43);;;;/q-1;;3*+1. The summed E-state index contributed by atoms with van der Waals surface area (Å²) in [6.45, 7) is 0. The molecule has 1 heterocycles. The van der Waals surface area contributed by atoms with Crippen LogP contribution in [-0.2, 0) is 37.3 Å². The number of carboxylic acid groups (broad SMARTS) is 1. The average molecular weight is 816 g/mol. The van der Waals surface area contributed by atoms with E-state index in [4.69, 9.17) is 11.6 Å². The molecule has 0 saturated heterocycles. The molecule has 25 heteroatoms. The number of anilines is 2. The zero-order valence-electron chi connectivity index (χ0n) is 25.0. The second-order valence-corrected chi connectivity index (χ2v) is 11.7. The zero-order chi connectivity index (χ0) is 33.1. The number of nitrogens with zero attached hydrogens (tertiary/aromatic N) is 6. The maximum Gasteiger partial charge on any atom is 1.00 e. The Bertz CT molecular complexity index is 2110. The predicted octanol–water partition coefficient (Wildman–Crippen LogP) is -3.54. The molecule has 1 aromatic heterocycles. The van der Waals surface area contributed by atoms with E-state index in [-0.39, 0.29) is 123 Å². The van der Waals surface area contributed by atoms with Gasteiger partial charge in [0.05, 0.1) is 32.9 Å². The van der Waals surface area contributed by atoms with Crippen LogP contribution in [0.3, 0.4) is 0 Å². The molecule has 49 heavy (non-hydrogen) atoms. The summed E-state index contributed by atoms with van der Waals surface area (Å²) < 4.78 is 93.0. The number of aromatic hydroxyl groups is 1. The number of rotatable bonds is 10. The van der Waals surface area contributed by atoms with Crippen molar-refractivity contribution in [2.24, 2.45) is 20.5 Å². The molecule has 3 aromatic carbocycles. The maximum absolute atomic E-state index is 13.8. The number of nitrogens with one attached hydrogen (secondary N) is 1. The molecule has 4 aromatic rings. The number of phenolic OH excluding ortho intramolecular Hbond substituents is 1. The van der Waals surface area contributed by atoms with Gasteiger partial charge in [-0.25, -0.2) is 4.79 Å². The van der Waals surface area contributed by atoms with E-state index in [1.807, 2.05) is 0 Å². The first kappa shape index (κ1) is 47.4. The van der Waals surface area contributed by atoms with Gasteiger partial charge < -0.3 is 15.5 Å². The number of carboxylic acids is 1. The smallest absolute Gasteiger partial charge is 0.504 e. The molecular weight excluding hydrogens is 800 g/mol. The van der Waals surface area contributed by atoms with E-state index in [9.17, 15) is 49.7 Å². The second kappa shape index (κ2) is 19.8. The zero-order valence-corrected chi connectivity index (χ0v) is 34.4. The number of aromatic nitrogens is 2. The van der Waals surface area contributed by atoms with E-state index < -0.39 is 81.6 Å². The Hall–Kier alpha value is -1.63. The molecular formula is C24H15ClCuF2N7Na3O9S2+2. The molecule has 0 unspecified atom stereocenters. The van der Waals surface area contributed by atoms with E-state index in [1.165, 1.54) is 12.1 Å². The Morgan fingerprint density at radius 2 is 1.41 bits per heavy atom. The summed E-state index contributed by atoms with van der Waals surface area (Å²) in [6.07, 6.45) is -1.92. The maximum atomic E-state index is 13.8. The number of hydrogen-bond donors (Lipinski definition) is 5. The van der Waals surface area contributed by atoms with Gasteiger partial charge in [-0.2, -0.15) is 68.2 Å². The minimum atomic E-state index is -4.98. The Kier molecular flexibility index (Phi) is 19.2. The average Bonchev–Trinajstić information content (AvgIpc) is 2.96. The Balaban J connectivity index is 0.00000576. The van der Waals surface area contributed by atoms with E-state index in [0.29, 0.717) is 18.2 Å². The van der Waals surface area contributed by atoms with Crippen LogP contribution in [0.1, 0.15) is 15.9 Å². The number of benzene rings is 3. The van der Waals surface area contributed by atoms with Crippen molar-refractivity contribution in [2.45, 2.75) is 9.79 Å². The molecule has 0 aliphatic heterocycles. The van der Waals surface area contributed by atoms with Crippen LogP contribution in [0.5, 0.6) is 5.75 Å². The van der Waals surface area contributed by atoms with Crippen molar-refractivity contribution in [3.8, 4) is 5.75 Å². The normalized spacial score (nSPS) is 11.1. The molecule has 1 radical (unpaired) electrons. The van der Waals surface area contributed by atoms with Gasteiger partial charge in [0.2, 0.25) is 5.95 Å². The molecule has 0 saturated carbocycles. The minimum Gasteiger partial charge on any atom is -0.504 e. The van der Waals surface area contributed by atoms with Crippen molar-refractivity contribution in [2.75, 3.05) is 5.32 Å². The van der Waals surface area contributed by atoms with Crippen LogP contribution in [0.2, 0.25) is 5.02 Å². The minimum absolute atomic E-state index is 0. The SMILES string of the molecule is O=C(O)c1cc(S(=O)(=O)O)ccc1N=N[C-](N=Nc1cc(S(=O)(=O)O)cc(Nc2nc(F)nc(F)c2Cl)c1O)c1ccccc1.[Cu].[Na+].[Na+].[Na+]. The molecule has 0 spiro atoms. The number of hydrogen-bond acceptors (Lipinski definition) is 13. The Labute approximate surface area is 358 Å². The van der Waals surface area contributed by atoms with Crippen LogP contribution in [-0.4, -0.2) is 52.1 Å². The van der Waals surface area contributed by atoms with Gasteiger partial charge >= 0.3 is 101 Å². The van der Waals surface area contributed by atoms with Crippen LogP contribution in [0.15, 0.2) is 90.9 Å². The van der Waals surface area contributed by atoms with Gasteiger partial charge in [0, 0.05) is 17.1 Å². The van der Waals surface area contributed by atoms with E-state index in [0.717, 1.165) is 12.1 Å². The number of azo groups is 2. The predicted molar refractivity (Wildman–Crippen MR) is 149 cm³/mol. The summed E-state index contributed by atoms with van der Waals surface area (Å²) >= 11 is 5.73. The number of carbonyl (C=O) groups is 1. The molecule has 245 valence electrons.